The minimum absolute atomic E-state index is 0.144. The van der Waals surface area contributed by atoms with Crippen LogP contribution in [0.15, 0.2) is 69.0 Å². The lowest BCUT2D eigenvalue weighted by Crippen LogP contribution is -2.50. The molecule has 1 fully saturated rings. The van der Waals surface area contributed by atoms with Gasteiger partial charge in [0.1, 0.15) is 11.1 Å². The summed E-state index contributed by atoms with van der Waals surface area (Å²) in [4.78, 5) is 29.3. The molecule has 1 unspecified atom stereocenters. The molecular weight excluding hydrogens is 466 g/mol. The molecule has 5 rings (SSSR count). The predicted molar refractivity (Wildman–Crippen MR) is 134 cm³/mol. The first-order valence-corrected chi connectivity index (χ1v) is 13.0. The summed E-state index contributed by atoms with van der Waals surface area (Å²) in [7, 11) is -1.47. The largest absolute Gasteiger partial charge is 0.465 e. The molecule has 2 heterocycles. The van der Waals surface area contributed by atoms with Crippen LogP contribution in [0.5, 0.6) is 0 Å². The molecule has 0 radical (unpaired) electrons. The number of nitrogens with zero attached hydrogens (tertiary/aromatic N) is 2. The second kappa shape index (κ2) is 8.81. The van der Waals surface area contributed by atoms with E-state index in [1.807, 2.05) is 61.5 Å². The van der Waals surface area contributed by atoms with Crippen LogP contribution in [0.2, 0.25) is 0 Å². The number of benzene rings is 2. The molecule has 35 heavy (non-hydrogen) atoms. The van der Waals surface area contributed by atoms with Gasteiger partial charge in [0.05, 0.1) is 16.3 Å². The molecule has 0 saturated heterocycles. The molecule has 0 bridgehead atoms. The highest BCUT2D eigenvalue weighted by Crippen LogP contribution is 2.43. The second-order valence-electron chi connectivity index (χ2n) is 8.69. The third-order valence-electron chi connectivity index (χ3n) is 6.67. The lowest BCUT2D eigenvalue weighted by atomic mass is 9.72. The molecule has 1 saturated carbocycles. The van der Waals surface area contributed by atoms with Gasteiger partial charge in [0.25, 0.3) is 5.56 Å². The Kier molecular flexibility index (Phi) is 5.80. The summed E-state index contributed by atoms with van der Waals surface area (Å²) in [6.45, 7) is 2.15. The summed E-state index contributed by atoms with van der Waals surface area (Å²) in [5.74, 6) is 0.484. The van der Waals surface area contributed by atoms with Gasteiger partial charge in [0, 0.05) is 23.9 Å². The van der Waals surface area contributed by atoms with Gasteiger partial charge in [0.15, 0.2) is 0 Å². The quantitative estimate of drug-likeness (QED) is 0.377. The standard InChI is InChI=1S/C26H25N3O5S/c1-3-29-23(30)20-19(16-8-5-4-6-9-16)21(34-22(20)27-24(29)35(2)33)17-10-12-18(13-11-17)26(14-7-15-26)28-25(31)32/h4-6,8-13,28H,3,7,14-15H2,1-2H3,(H,31,32). The Morgan fingerprint density at radius 3 is 2.37 bits per heavy atom. The van der Waals surface area contributed by atoms with Crippen molar-refractivity contribution < 1.29 is 18.5 Å². The fourth-order valence-corrected chi connectivity index (χ4v) is 5.54. The Bertz CT molecular complexity index is 1500. The molecule has 4 aromatic rings. The van der Waals surface area contributed by atoms with Gasteiger partial charge in [-0.2, -0.15) is 4.98 Å². The van der Waals surface area contributed by atoms with Gasteiger partial charge in [-0.15, -0.1) is 0 Å². The van der Waals surface area contributed by atoms with Crippen LogP contribution in [0.1, 0.15) is 31.7 Å². The predicted octanol–water partition coefficient (Wildman–Crippen LogP) is 4.73. The lowest BCUT2D eigenvalue weighted by Gasteiger charge is -2.42. The number of hydrogen-bond acceptors (Lipinski definition) is 5. The summed E-state index contributed by atoms with van der Waals surface area (Å²) < 4.78 is 19.9. The van der Waals surface area contributed by atoms with Crippen molar-refractivity contribution in [2.45, 2.75) is 43.4 Å². The number of rotatable bonds is 6. The summed E-state index contributed by atoms with van der Waals surface area (Å²) in [5.41, 5.74) is 2.33. The van der Waals surface area contributed by atoms with Gasteiger partial charge in [-0.1, -0.05) is 54.6 Å². The van der Waals surface area contributed by atoms with Crippen LogP contribution in [0.3, 0.4) is 0 Å². The number of carboxylic acid groups (broad SMARTS) is 1. The molecule has 2 aromatic heterocycles. The van der Waals surface area contributed by atoms with E-state index in [2.05, 4.69) is 10.3 Å². The zero-order chi connectivity index (χ0) is 24.7. The third-order valence-corrected chi connectivity index (χ3v) is 7.49. The van der Waals surface area contributed by atoms with Crippen molar-refractivity contribution in [2.24, 2.45) is 0 Å². The van der Waals surface area contributed by atoms with Crippen LogP contribution in [-0.4, -0.2) is 31.2 Å². The molecule has 1 atom stereocenters. The van der Waals surface area contributed by atoms with E-state index < -0.39 is 22.4 Å². The van der Waals surface area contributed by atoms with E-state index in [4.69, 9.17) is 4.42 Å². The SMILES string of the molecule is CCn1c(S(C)=O)nc2oc(-c3ccc(C4(NC(=O)O)CCC4)cc3)c(-c3ccccc3)c2c1=O. The van der Waals surface area contributed by atoms with Crippen LogP contribution in [-0.2, 0) is 22.9 Å². The third kappa shape index (κ3) is 3.85. The first-order valence-electron chi connectivity index (χ1n) is 11.4. The number of hydrogen-bond donors (Lipinski definition) is 2. The lowest BCUT2D eigenvalue weighted by molar-refractivity contribution is 0.144. The molecule has 8 nitrogen and oxygen atoms in total. The maximum absolute atomic E-state index is 13.5. The molecule has 2 aromatic carbocycles. The van der Waals surface area contributed by atoms with Gasteiger partial charge < -0.3 is 14.8 Å². The van der Waals surface area contributed by atoms with Crippen LogP contribution in [0.4, 0.5) is 4.79 Å². The van der Waals surface area contributed by atoms with E-state index in [0.29, 0.717) is 23.3 Å². The van der Waals surface area contributed by atoms with Crippen LogP contribution >= 0.6 is 0 Å². The highest BCUT2D eigenvalue weighted by Gasteiger charge is 2.40. The Morgan fingerprint density at radius 1 is 1.14 bits per heavy atom. The topological polar surface area (TPSA) is 114 Å². The number of nitrogens with one attached hydrogen (secondary N) is 1. The smallest absolute Gasteiger partial charge is 0.405 e. The van der Waals surface area contributed by atoms with E-state index in [0.717, 1.165) is 36.0 Å². The first-order chi connectivity index (χ1) is 16.8. The minimum Gasteiger partial charge on any atom is -0.465 e. The van der Waals surface area contributed by atoms with Gasteiger partial charge in [0.2, 0.25) is 10.9 Å². The number of fused-ring (bicyclic) bond motifs is 1. The minimum atomic E-state index is -1.47. The molecule has 1 aliphatic rings. The average molecular weight is 492 g/mol. The molecular formula is C26H25N3O5S. The molecule has 2 N–H and O–H groups in total. The monoisotopic (exact) mass is 491 g/mol. The van der Waals surface area contributed by atoms with E-state index in [-0.39, 0.29) is 16.4 Å². The van der Waals surface area contributed by atoms with E-state index in [9.17, 15) is 18.9 Å². The first kappa shape index (κ1) is 23.0. The van der Waals surface area contributed by atoms with E-state index in [1.54, 1.807) is 0 Å². The van der Waals surface area contributed by atoms with Crippen molar-refractivity contribution in [1.82, 2.24) is 14.9 Å². The Labute approximate surface area is 204 Å². The van der Waals surface area contributed by atoms with Crippen molar-refractivity contribution >= 4 is 28.0 Å². The maximum Gasteiger partial charge on any atom is 0.405 e. The molecule has 1 amide bonds. The second-order valence-corrected chi connectivity index (χ2v) is 9.97. The Morgan fingerprint density at radius 2 is 1.83 bits per heavy atom. The number of furan rings is 1. The van der Waals surface area contributed by atoms with Gasteiger partial charge >= 0.3 is 6.09 Å². The Hall–Kier alpha value is -3.72. The molecule has 9 heteroatoms. The van der Waals surface area contributed by atoms with Crippen LogP contribution in [0, 0.1) is 0 Å². The average Bonchev–Trinajstić information content (AvgIpc) is 3.22. The normalized spacial score (nSPS) is 15.5. The number of aromatic nitrogens is 2. The van der Waals surface area contributed by atoms with Gasteiger partial charge in [-0.05, 0) is 37.3 Å². The van der Waals surface area contributed by atoms with E-state index >= 15 is 0 Å². The van der Waals surface area contributed by atoms with Crippen molar-refractivity contribution in [3.05, 3.63) is 70.5 Å². The fourth-order valence-electron chi connectivity index (χ4n) is 4.81. The highest BCUT2D eigenvalue weighted by molar-refractivity contribution is 7.84. The van der Waals surface area contributed by atoms with Crippen molar-refractivity contribution in [1.29, 1.82) is 0 Å². The van der Waals surface area contributed by atoms with Gasteiger partial charge in [-0.25, -0.2) is 4.79 Å². The number of amides is 1. The number of carbonyl (C=O) groups is 1. The molecule has 180 valence electrons. The van der Waals surface area contributed by atoms with Crippen molar-refractivity contribution in [2.75, 3.05) is 6.26 Å². The van der Waals surface area contributed by atoms with Crippen LogP contribution < -0.4 is 10.9 Å². The highest BCUT2D eigenvalue weighted by atomic mass is 32.2. The maximum atomic E-state index is 13.5. The summed E-state index contributed by atoms with van der Waals surface area (Å²) in [5, 5.41) is 12.5. The summed E-state index contributed by atoms with van der Waals surface area (Å²) in [6, 6.07) is 17.0. The zero-order valence-corrected chi connectivity index (χ0v) is 20.2. The molecule has 1 aliphatic carbocycles. The zero-order valence-electron chi connectivity index (χ0n) is 19.4. The Balaban J connectivity index is 1.72. The van der Waals surface area contributed by atoms with Crippen molar-refractivity contribution in [3.63, 3.8) is 0 Å². The summed E-state index contributed by atoms with van der Waals surface area (Å²) >= 11 is 0. The molecule has 0 aliphatic heterocycles. The van der Waals surface area contributed by atoms with E-state index in [1.165, 1.54) is 10.8 Å². The van der Waals surface area contributed by atoms with Crippen LogP contribution in [0.25, 0.3) is 33.6 Å². The summed E-state index contributed by atoms with van der Waals surface area (Å²) in [6.07, 6.45) is 2.90. The van der Waals surface area contributed by atoms with Gasteiger partial charge in [-0.3, -0.25) is 13.6 Å². The molecule has 0 spiro atoms. The fraction of sp³-hybridized carbons (Fsp3) is 0.269. The van der Waals surface area contributed by atoms with Crippen molar-refractivity contribution in [3.8, 4) is 22.5 Å².